The molecule has 2 heteroatoms. The minimum absolute atomic E-state index is 0.522. The zero-order valence-corrected chi connectivity index (χ0v) is 6.88. The second-order valence-electron chi connectivity index (χ2n) is 3.22. The molecule has 0 saturated carbocycles. The maximum absolute atomic E-state index is 4.32. The first-order valence-electron chi connectivity index (χ1n) is 3.58. The number of thiol groups is 1. The highest BCUT2D eigenvalue weighted by Crippen LogP contribution is 2.28. The molecule has 0 atom stereocenters. The molecule has 54 valence electrons. The molecule has 9 heavy (non-hydrogen) atoms. The summed E-state index contributed by atoms with van der Waals surface area (Å²) >= 11 is 4.32. The van der Waals surface area contributed by atoms with E-state index in [1.807, 2.05) is 0 Å². The molecule has 0 aliphatic carbocycles. The molecular weight excluding hydrogens is 130 g/mol. The van der Waals surface area contributed by atoms with Crippen molar-refractivity contribution in [3.63, 3.8) is 0 Å². The van der Waals surface area contributed by atoms with Crippen LogP contribution in [-0.2, 0) is 0 Å². The zero-order valence-electron chi connectivity index (χ0n) is 5.98. The molecule has 1 heterocycles. The van der Waals surface area contributed by atoms with Crippen LogP contribution in [0.15, 0.2) is 0 Å². The van der Waals surface area contributed by atoms with Gasteiger partial charge in [0, 0.05) is 0 Å². The highest BCUT2D eigenvalue weighted by molar-refractivity contribution is 7.80. The molecule has 0 amide bonds. The van der Waals surface area contributed by atoms with E-state index in [0.29, 0.717) is 5.41 Å². The number of nitrogens with one attached hydrogen (secondary N) is 1. The number of hydrogen-bond donors (Lipinski definition) is 2. The van der Waals surface area contributed by atoms with E-state index in [2.05, 4.69) is 24.9 Å². The highest BCUT2D eigenvalue weighted by Gasteiger charge is 2.24. The first-order chi connectivity index (χ1) is 4.27. The van der Waals surface area contributed by atoms with Crippen LogP contribution >= 0.6 is 12.6 Å². The third-order valence-electron chi connectivity index (χ3n) is 2.19. The quantitative estimate of drug-likeness (QED) is 0.530. The number of piperidine rings is 1. The fourth-order valence-electron chi connectivity index (χ4n) is 1.19. The van der Waals surface area contributed by atoms with Crippen LogP contribution in [0.3, 0.4) is 0 Å². The van der Waals surface area contributed by atoms with Gasteiger partial charge in [-0.25, -0.2) is 0 Å². The van der Waals surface area contributed by atoms with Crippen LogP contribution in [0.5, 0.6) is 0 Å². The summed E-state index contributed by atoms with van der Waals surface area (Å²) in [7, 11) is 0. The second-order valence-corrected chi connectivity index (χ2v) is 3.54. The zero-order chi connectivity index (χ0) is 6.74. The average Bonchev–Trinajstić information content (AvgIpc) is 1.90. The van der Waals surface area contributed by atoms with Gasteiger partial charge in [-0.2, -0.15) is 12.6 Å². The van der Waals surface area contributed by atoms with E-state index in [0.717, 1.165) is 5.75 Å². The van der Waals surface area contributed by atoms with Gasteiger partial charge in [0.15, 0.2) is 0 Å². The first kappa shape index (κ1) is 7.42. The largest absolute Gasteiger partial charge is 0.317 e. The summed E-state index contributed by atoms with van der Waals surface area (Å²) in [5.41, 5.74) is 0.522. The lowest BCUT2D eigenvalue weighted by atomic mass is 9.83. The second kappa shape index (κ2) is 2.93. The summed E-state index contributed by atoms with van der Waals surface area (Å²) in [4.78, 5) is 0. The van der Waals surface area contributed by atoms with Gasteiger partial charge in [-0.1, -0.05) is 6.92 Å². The Morgan fingerprint density at radius 1 is 1.44 bits per heavy atom. The van der Waals surface area contributed by atoms with Crippen LogP contribution in [-0.4, -0.2) is 18.8 Å². The molecule has 1 nitrogen and oxygen atoms in total. The van der Waals surface area contributed by atoms with Crippen molar-refractivity contribution < 1.29 is 0 Å². The van der Waals surface area contributed by atoms with Gasteiger partial charge in [0.2, 0.25) is 0 Å². The summed E-state index contributed by atoms with van der Waals surface area (Å²) in [6.45, 7) is 4.68. The van der Waals surface area contributed by atoms with Crippen LogP contribution in [0.25, 0.3) is 0 Å². The highest BCUT2D eigenvalue weighted by atomic mass is 32.1. The topological polar surface area (TPSA) is 12.0 Å². The monoisotopic (exact) mass is 145 g/mol. The van der Waals surface area contributed by atoms with E-state index in [9.17, 15) is 0 Å². The summed E-state index contributed by atoms with van der Waals surface area (Å²) in [5, 5.41) is 3.34. The standard InChI is InChI=1S/C7H15NS/c1-7(6-9)2-4-8-5-3-7/h8-9H,2-6H2,1H3. The van der Waals surface area contributed by atoms with Crippen LogP contribution in [0.1, 0.15) is 19.8 Å². The predicted octanol–water partition coefficient (Wildman–Crippen LogP) is 1.31. The van der Waals surface area contributed by atoms with Gasteiger partial charge < -0.3 is 5.32 Å². The lowest BCUT2D eigenvalue weighted by molar-refractivity contribution is 0.266. The van der Waals surface area contributed by atoms with Crippen molar-refractivity contribution in [3.05, 3.63) is 0 Å². The lowest BCUT2D eigenvalue weighted by Gasteiger charge is -2.32. The van der Waals surface area contributed by atoms with Crippen molar-refractivity contribution in [1.82, 2.24) is 5.32 Å². The molecule has 1 N–H and O–H groups in total. The SMILES string of the molecule is CC1(CS)CCNCC1. The Morgan fingerprint density at radius 3 is 2.33 bits per heavy atom. The van der Waals surface area contributed by atoms with E-state index >= 15 is 0 Å². The normalized spacial score (nSPS) is 26.0. The van der Waals surface area contributed by atoms with Crippen molar-refractivity contribution in [1.29, 1.82) is 0 Å². The van der Waals surface area contributed by atoms with Gasteiger partial charge in [0.05, 0.1) is 0 Å². The van der Waals surface area contributed by atoms with Crippen molar-refractivity contribution in [2.75, 3.05) is 18.8 Å². The minimum atomic E-state index is 0.522. The van der Waals surface area contributed by atoms with Crippen LogP contribution in [0, 0.1) is 5.41 Å². The fraction of sp³-hybridized carbons (Fsp3) is 1.00. The van der Waals surface area contributed by atoms with Crippen LogP contribution in [0.2, 0.25) is 0 Å². The third kappa shape index (κ3) is 1.87. The van der Waals surface area contributed by atoms with Crippen molar-refractivity contribution in [2.24, 2.45) is 5.41 Å². The van der Waals surface area contributed by atoms with E-state index in [-0.39, 0.29) is 0 Å². The molecule has 1 rings (SSSR count). The molecule has 0 bridgehead atoms. The Morgan fingerprint density at radius 2 is 2.00 bits per heavy atom. The van der Waals surface area contributed by atoms with Crippen LogP contribution in [0.4, 0.5) is 0 Å². The molecule has 1 saturated heterocycles. The predicted molar refractivity (Wildman–Crippen MR) is 44.1 cm³/mol. The number of rotatable bonds is 1. The molecule has 0 aromatic rings. The summed E-state index contributed by atoms with van der Waals surface area (Å²) in [6.07, 6.45) is 2.58. The summed E-state index contributed by atoms with van der Waals surface area (Å²) < 4.78 is 0. The van der Waals surface area contributed by atoms with Gasteiger partial charge in [0.25, 0.3) is 0 Å². The third-order valence-corrected chi connectivity index (χ3v) is 2.96. The van der Waals surface area contributed by atoms with Crippen LogP contribution < -0.4 is 5.32 Å². The van der Waals surface area contributed by atoms with E-state index in [1.165, 1.54) is 25.9 Å². The fourth-order valence-corrected chi connectivity index (χ4v) is 1.50. The first-order valence-corrected chi connectivity index (χ1v) is 4.22. The van der Waals surface area contributed by atoms with E-state index < -0.39 is 0 Å². The minimum Gasteiger partial charge on any atom is -0.317 e. The van der Waals surface area contributed by atoms with Gasteiger partial charge in [-0.3, -0.25) is 0 Å². The molecule has 1 aliphatic heterocycles. The van der Waals surface area contributed by atoms with Crippen molar-refractivity contribution >= 4 is 12.6 Å². The molecular formula is C7H15NS. The van der Waals surface area contributed by atoms with E-state index in [4.69, 9.17) is 0 Å². The Hall–Kier alpha value is 0.310. The smallest absolute Gasteiger partial charge is 0.00429 e. The van der Waals surface area contributed by atoms with Crippen molar-refractivity contribution in [3.8, 4) is 0 Å². The maximum atomic E-state index is 4.32. The molecule has 0 spiro atoms. The lowest BCUT2D eigenvalue weighted by Crippen LogP contribution is -2.35. The average molecular weight is 145 g/mol. The van der Waals surface area contributed by atoms with Gasteiger partial charge in [0.1, 0.15) is 0 Å². The van der Waals surface area contributed by atoms with E-state index in [1.54, 1.807) is 0 Å². The molecule has 1 aliphatic rings. The Bertz CT molecular complexity index is 86.9. The summed E-state index contributed by atoms with van der Waals surface area (Å²) in [5.74, 6) is 1.04. The molecule has 1 fully saturated rings. The molecule has 0 aromatic heterocycles. The summed E-state index contributed by atoms with van der Waals surface area (Å²) in [6, 6.07) is 0. The molecule has 0 radical (unpaired) electrons. The van der Waals surface area contributed by atoms with Gasteiger partial charge in [-0.15, -0.1) is 0 Å². The Balaban J connectivity index is 2.37. The number of hydrogen-bond acceptors (Lipinski definition) is 2. The maximum Gasteiger partial charge on any atom is -0.00429 e. The van der Waals surface area contributed by atoms with Gasteiger partial charge >= 0.3 is 0 Å². The van der Waals surface area contributed by atoms with Crippen molar-refractivity contribution in [2.45, 2.75) is 19.8 Å². The Kier molecular flexibility index (Phi) is 2.42. The molecule has 0 aromatic carbocycles. The molecule has 0 unspecified atom stereocenters. The van der Waals surface area contributed by atoms with Gasteiger partial charge in [-0.05, 0) is 37.1 Å². The Labute approximate surface area is 62.6 Å².